The highest BCUT2D eigenvalue weighted by Gasteiger charge is 2.21. The second-order valence-corrected chi connectivity index (χ2v) is 4.71. The Morgan fingerprint density at radius 2 is 2.28 bits per heavy atom. The van der Waals surface area contributed by atoms with Crippen LogP contribution in [0.1, 0.15) is 30.6 Å². The summed E-state index contributed by atoms with van der Waals surface area (Å²) < 4.78 is 5.78. The van der Waals surface area contributed by atoms with Gasteiger partial charge in [-0.1, -0.05) is 13.0 Å². The number of benzene rings is 1. The fourth-order valence-corrected chi connectivity index (χ4v) is 2.36. The van der Waals surface area contributed by atoms with Crippen molar-refractivity contribution in [3.05, 3.63) is 29.3 Å². The number of rotatable bonds is 4. The summed E-state index contributed by atoms with van der Waals surface area (Å²) in [6, 6.07) is 5.33. The number of hydrogen-bond donors (Lipinski definition) is 2. The van der Waals surface area contributed by atoms with E-state index in [-0.39, 0.29) is 18.5 Å². The third-order valence-electron chi connectivity index (χ3n) is 3.34. The third kappa shape index (κ3) is 3.02. The summed E-state index contributed by atoms with van der Waals surface area (Å²) in [5.74, 6) is 0.141. The van der Waals surface area contributed by atoms with Crippen molar-refractivity contribution in [1.29, 1.82) is 0 Å². The van der Waals surface area contributed by atoms with Gasteiger partial charge in [-0.3, -0.25) is 4.90 Å². The summed E-state index contributed by atoms with van der Waals surface area (Å²) in [5, 5.41) is 18.7. The van der Waals surface area contributed by atoms with Gasteiger partial charge >= 0.3 is 0 Å². The molecule has 2 rings (SSSR count). The van der Waals surface area contributed by atoms with Crippen LogP contribution in [0.15, 0.2) is 18.2 Å². The summed E-state index contributed by atoms with van der Waals surface area (Å²) >= 11 is 0. The normalized spacial score (nSPS) is 21.1. The first-order valence-corrected chi connectivity index (χ1v) is 6.51. The molecule has 0 spiro atoms. The molecule has 0 aromatic heterocycles. The molecule has 0 saturated carbocycles. The molecule has 1 saturated heterocycles. The summed E-state index contributed by atoms with van der Waals surface area (Å²) in [4.78, 5) is 2.39. The van der Waals surface area contributed by atoms with Crippen molar-refractivity contribution >= 4 is 0 Å². The molecule has 4 nitrogen and oxygen atoms in total. The molecule has 1 aliphatic heterocycles. The summed E-state index contributed by atoms with van der Waals surface area (Å²) in [7, 11) is 0. The molecule has 18 heavy (non-hydrogen) atoms. The monoisotopic (exact) mass is 251 g/mol. The van der Waals surface area contributed by atoms with Gasteiger partial charge in [0.05, 0.1) is 19.3 Å². The van der Waals surface area contributed by atoms with E-state index in [1.54, 1.807) is 6.07 Å². The molecule has 0 bridgehead atoms. The minimum atomic E-state index is -0.148. The lowest BCUT2D eigenvalue weighted by atomic mass is 10.0. The number of morpholine rings is 1. The van der Waals surface area contributed by atoms with E-state index in [9.17, 15) is 5.11 Å². The average Bonchev–Trinajstić information content (AvgIpc) is 2.40. The number of aliphatic hydroxyl groups excluding tert-OH is 1. The van der Waals surface area contributed by atoms with Crippen LogP contribution in [0.25, 0.3) is 0 Å². The third-order valence-corrected chi connectivity index (χ3v) is 3.34. The van der Waals surface area contributed by atoms with Gasteiger partial charge in [-0.15, -0.1) is 0 Å². The Morgan fingerprint density at radius 1 is 1.44 bits per heavy atom. The van der Waals surface area contributed by atoms with E-state index in [1.807, 2.05) is 12.1 Å². The zero-order valence-electron chi connectivity index (χ0n) is 10.8. The van der Waals surface area contributed by atoms with E-state index in [2.05, 4.69) is 11.8 Å². The van der Waals surface area contributed by atoms with Gasteiger partial charge in [0, 0.05) is 18.7 Å². The van der Waals surface area contributed by atoms with E-state index in [0.29, 0.717) is 5.56 Å². The van der Waals surface area contributed by atoms with E-state index in [1.165, 1.54) is 0 Å². The number of nitrogens with zero attached hydrogens (tertiary/aromatic N) is 1. The summed E-state index contributed by atoms with van der Waals surface area (Å²) in [5.41, 5.74) is 1.58. The van der Waals surface area contributed by atoms with Crippen molar-refractivity contribution in [2.45, 2.75) is 26.1 Å². The zero-order chi connectivity index (χ0) is 13.0. The van der Waals surface area contributed by atoms with Crippen molar-refractivity contribution in [2.24, 2.45) is 0 Å². The van der Waals surface area contributed by atoms with Crippen molar-refractivity contribution < 1.29 is 14.9 Å². The standard InChI is InChI=1S/C14H21NO3/c1-2-5-15-6-7-18-14(9-15)11-3-4-13(17)12(8-11)10-16/h3-4,8,14,16-17H,2,5-7,9-10H2,1H3. The van der Waals surface area contributed by atoms with Crippen molar-refractivity contribution in [3.8, 4) is 5.75 Å². The van der Waals surface area contributed by atoms with E-state index in [0.717, 1.165) is 38.2 Å². The number of aromatic hydroxyl groups is 1. The van der Waals surface area contributed by atoms with E-state index in [4.69, 9.17) is 9.84 Å². The molecule has 4 heteroatoms. The topological polar surface area (TPSA) is 52.9 Å². The van der Waals surface area contributed by atoms with Gasteiger partial charge in [0.25, 0.3) is 0 Å². The Morgan fingerprint density at radius 3 is 3.00 bits per heavy atom. The molecule has 0 aliphatic carbocycles. The first-order valence-electron chi connectivity index (χ1n) is 6.51. The quantitative estimate of drug-likeness (QED) is 0.854. The minimum absolute atomic E-state index is 0.0381. The molecule has 1 aromatic rings. The maximum absolute atomic E-state index is 9.56. The molecule has 1 aliphatic rings. The maximum Gasteiger partial charge on any atom is 0.121 e. The van der Waals surface area contributed by atoms with Gasteiger partial charge in [-0.25, -0.2) is 0 Å². The lowest BCUT2D eigenvalue weighted by Crippen LogP contribution is -2.38. The molecular weight excluding hydrogens is 230 g/mol. The van der Waals surface area contributed by atoms with Crippen LogP contribution in [0.4, 0.5) is 0 Å². The Kier molecular flexibility index (Phi) is 4.58. The van der Waals surface area contributed by atoms with Crippen LogP contribution < -0.4 is 0 Å². The second kappa shape index (κ2) is 6.18. The predicted molar refractivity (Wildman–Crippen MR) is 69.5 cm³/mol. The van der Waals surface area contributed by atoms with Gasteiger partial charge in [0.15, 0.2) is 0 Å². The Balaban J connectivity index is 2.10. The average molecular weight is 251 g/mol. The van der Waals surface area contributed by atoms with E-state index < -0.39 is 0 Å². The minimum Gasteiger partial charge on any atom is -0.508 e. The zero-order valence-corrected chi connectivity index (χ0v) is 10.8. The van der Waals surface area contributed by atoms with Gasteiger partial charge in [0.2, 0.25) is 0 Å². The highest BCUT2D eigenvalue weighted by molar-refractivity contribution is 5.36. The summed E-state index contributed by atoms with van der Waals surface area (Å²) in [6.07, 6.45) is 1.18. The van der Waals surface area contributed by atoms with Crippen molar-refractivity contribution in [3.63, 3.8) is 0 Å². The fourth-order valence-electron chi connectivity index (χ4n) is 2.36. The molecule has 0 radical (unpaired) electrons. The largest absolute Gasteiger partial charge is 0.508 e. The van der Waals surface area contributed by atoms with Gasteiger partial charge in [-0.05, 0) is 30.7 Å². The number of phenols is 1. The van der Waals surface area contributed by atoms with Gasteiger partial charge in [-0.2, -0.15) is 0 Å². The highest BCUT2D eigenvalue weighted by Crippen LogP contribution is 2.27. The fraction of sp³-hybridized carbons (Fsp3) is 0.571. The Hall–Kier alpha value is -1.10. The van der Waals surface area contributed by atoms with Crippen LogP contribution in [0, 0.1) is 0 Å². The Bertz CT molecular complexity index is 393. The maximum atomic E-state index is 9.56. The lowest BCUT2D eigenvalue weighted by Gasteiger charge is -2.33. The smallest absolute Gasteiger partial charge is 0.121 e. The summed E-state index contributed by atoms with van der Waals surface area (Å²) in [6.45, 7) is 5.71. The lowest BCUT2D eigenvalue weighted by molar-refractivity contribution is -0.0299. The molecule has 1 unspecified atom stereocenters. The first kappa shape index (κ1) is 13.3. The van der Waals surface area contributed by atoms with Crippen LogP contribution in [0.2, 0.25) is 0 Å². The number of aliphatic hydroxyl groups is 1. The molecule has 1 aromatic carbocycles. The SMILES string of the molecule is CCCN1CCOC(c2ccc(O)c(CO)c2)C1. The molecule has 0 amide bonds. The van der Waals surface area contributed by atoms with Crippen LogP contribution in [-0.4, -0.2) is 41.4 Å². The highest BCUT2D eigenvalue weighted by atomic mass is 16.5. The molecule has 1 fully saturated rings. The van der Waals surface area contributed by atoms with Crippen LogP contribution in [0.5, 0.6) is 5.75 Å². The van der Waals surface area contributed by atoms with Crippen molar-refractivity contribution in [2.75, 3.05) is 26.2 Å². The molecule has 1 atom stereocenters. The molecule has 100 valence electrons. The van der Waals surface area contributed by atoms with Gasteiger partial charge in [0.1, 0.15) is 5.75 Å². The van der Waals surface area contributed by atoms with Crippen molar-refractivity contribution in [1.82, 2.24) is 4.90 Å². The first-order chi connectivity index (χ1) is 8.74. The van der Waals surface area contributed by atoms with Crippen LogP contribution in [0.3, 0.4) is 0 Å². The number of ether oxygens (including phenoxy) is 1. The Labute approximate surface area is 108 Å². The molecule has 2 N–H and O–H groups in total. The van der Waals surface area contributed by atoms with Gasteiger partial charge < -0.3 is 14.9 Å². The van der Waals surface area contributed by atoms with E-state index >= 15 is 0 Å². The predicted octanol–water partition coefficient (Wildman–Crippen LogP) is 1.67. The number of hydrogen-bond acceptors (Lipinski definition) is 4. The molecular formula is C14H21NO3. The van der Waals surface area contributed by atoms with Crippen LogP contribution >= 0.6 is 0 Å². The van der Waals surface area contributed by atoms with Crippen LogP contribution in [-0.2, 0) is 11.3 Å². The molecule has 1 heterocycles. The second-order valence-electron chi connectivity index (χ2n) is 4.71.